The number of hydrogen-bond acceptors (Lipinski definition) is 4. The van der Waals surface area contributed by atoms with E-state index in [1.807, 2.05) is 37.3 Å². The highest BCUT2D eigenvalue weighted by Gasteiger charge is 2.19. The van der Waals surface area contributed by atoms with E-state index in [2.05, 4.69) is 27.7 Å². The zero-order chi connectivity index (χ0) is 23.0. The van der Waals surface area contributed by atoms with Crippen LogP contribution in [0.25, 0.3) is 0 Å². The smallest absolute Gasteiger partial charge is 0.224 e. The van der Waals surface area contributed by atoms with E-state index in [0.29, 0.717) is 25.4 Å². The number of anilines is 1. The van der Waals surface area contributed by atoms with Crippen molar-refractivity contribution in [2.45, 2.75) is 45.2 Å². The molecule has 3 aromatic rings. The van der Waals surface area contributed by atoms with Gasteiger partial charge in [-0.1, -0.05) is 24.3 Å². The summed E-state index contributed by atoms with van der Waals surface area (Å²) >= 11 is 0. The molecule has 33 heavy (non-hydrogen) atoms. The Labute approximate surface area is 195 Å². The molecule has 0 spiro atoms. The Morgan fingerprint density at radius 1 is 1.06 bits per heavy atom. The van der Waals surface area contributed by atoms with Crippen LogP contribution in [0.5, 0.6) is 0 Å². The Balaban J connectivity index is 1.17. The quantitative estimate of drug-likeness (QED) is 0.509. The molecule has 0 atom stereocenters. The highest BCUT2D eigenvalue weighted by atomic mass is 19.1. The second-order valence-electron chi connectivity index (χ2n) is 8.73. The summed E-state index contributed by atoms with van der Waals surface area (Å²) in [5.74, 6) is 1.68. The first-order valence-corrected chi connectivity index (χ1v) is 11.7. The molecule has 1 fully saturated rings. The van der Waals surface area contributed by atoms with Gasteiger partial charge in [0, 0.05) is 31.4 Å². The van der Waals surface area contributed by atoms with Gasteiger partial charge in [-0.3, -0.25) is 4.79 Å². The van der Waals surface area contributed by atoms with Crippen LogP contribution in [0.2, 0.25) is 0 Å². The zero-order valence-corrected chi connectivity index (χ0v) is 19.1. The van der Waals surface area contributed by atoms with Crippen molar-refractivity contribution in [3.63, 3.8) is 0 Å². The van der Waals surface area contributed by atoms with Gasteiger partial charge in [-0.25, -0.2) is 4.39 Å². The molecule has 174 valence electrons. The minimum atomic E-state index is -0.247. The molecular formula is C27H32FN3O2. The molecule has 1 amide bonds. The number of carbonyl (C=O) groups excluding carboxylic acids is 1. The van der Waals surface area contributed by atoms with Gasteiger partial charge in [0.25, 0.3) is 0 Å². The maximum atomic E-state index is 13.2. The van der Waals surface area contributed by atoms with E-state index < -0.39 is 0 Å². The Hall–Kier alpha value is -3.12. The number of carbonyl (C=O) groups is 1. The van der Waals surface area contributed by atoms with Crippen LogP contribution in [0.1, 0.15) is 35.5 Å². The van der Waals surface area contributed by atoms with Crippen molar-refractivity contribution in [2.75, 3.05) is 24.5 Å². The standard InChI is InChI=1S/C27H32FN3O2/c1-20-5-10-26(33-20)19-30-24-12-15-31(16-13-24)25-8-6-22(7-9-25)18-27(32)29-14-11-21-3-2-4-23(28)17-21/h2-10,17,24,30H,11-16,18-19H2,1H3,(H,29,32). The number of nitrogens with zero attached hydrogens (tertiary/aromatic N) is 1. The van der Waals surface area contributed by atoms with Gasteiger partial charge < -0.3 is 20.0 Å². The maximum Gasteiger partial charge on any atom is 0.224 e. The highest BCUT2D eigenvalue weighted by molar-refractivity contribution is 5.78. The molecule has 2 N–H and O–H groups in total. The van der Waals surface area contributed by atoms with E-state index in [-0.39, 0.29) is 11.7 Å². The number of nitrogens with one attached hydrogen (secondary N) is 2. The lowest BCUT2D eigenvalue weighted by Crippen LogP contribution is -2.42. The molecule has 0 unspecified atom stereocenters. The van der Waals surface area contributed by atoms with Crippen LogP contribution >= 0.6 is 0 Å². The fourth-order valence-electron chi connectivity index (χ4n) is 4.28. The number of furan rings is 1. The molecule has 0 bridgehead atoms. The average Bonchev–Trinajstić information content (AvgIpc) is 3.24. The summed E-state index contributed by atoms with van der Waals surface area (Å²) in [7, 11) is 0. The van der Waals surface area contributed by atoms with E-state index in [1.54, 1.807) is 6.07 Å². The number of amides is 1. The Kier molecular flexibility index (Phi) is 7.79. The molecule has 1 saturated heterocycles. The van der Waals surface area contributed by atoms with Gasteiger partial charge in [0.05, 0.1) is 13.0 Å². The van der Waals surface area contributed by atoms with E-state index in [0.717, 1.165) is 55.1 Å². The zero-order valence-electron chi connectivity index (χ0n) is 19.1. The van der Waals surface area contributed by atoms with Crippen LogP contribution in [0.4, 0.5) is 10.1 Å². The molecule has 2 aromatic carbocycles. The average molecular weight is 450 g/mol. The highest BCUT2D eigenvalue weighted by Crippen LogP contribution is 2.21. The summed E-state index contributed by atoms with van der Waals surface area (Å²) in [6, 6.07) is 19.3. The summed E-state index contributed by atoms with van der Waals surface area (Å²) in [6.45, 7) is 5.26. The third-order valence-electron chi connectivity index (χ3n) is 6.15. The van der Waals surface area contributed by atoms with Crippen molar-refractivity contribution in [1.82, 2.24) is 10.6 Å². The molecule has 0 radical (unpaired) electrons. The fraction of sp³-hybridized carbons (Fsp3) is 0.370. The number of hydrogen-bond donors (Lipinski definition) is 2. The molecule has 4 rings (SSSR count). The number of piperidine rings is 1. The number of aryl methyl sites for hydroxylation is 1. The Morgan fingerprint density at radius 2 is 1.85 bits per heavy atom. The molecule has 0 saturated carbocycles. The first kappa shape index (κ1) is 23.1. The van der Waals surface area contributed by atoms with Crippen LogP contribution in [0, 0.1) is 12.7 Å². The number of rotatable bonds is 9. The van der Waals surface area contributed by atoms with Gasteiger partial charge in [0.2, 0.25) is 5.91 Å². The van der Waals surface area contributed by atoms with Gasteiger partial charge in [0.1, 0.15) is 17.3 Å². The molecule has 1 aliphatic heterocycles. The van der Waals surface area contributed by atoms with Crippen molar-refractivity contribution in [3.05, 3.63) is 89.1 Å². The van der Waals surface area contributed by atoms with Gasteiger partial charge in [-0.2, -0.15) is 0 Å². The second-order valence-corrected chi connectivity index (χ2v) is 8.73. The van der Waals surface area contributed by atoms with Crippen molar-refractivity contribution >= 4 is 11.6 Å². The van der Waals surface area contributed by atoms with E-state index >= 15 is 0 Å². The topological polar surface area (TPSA) is 57.5 Å². The minimum absolute atomic E-state index is 0.0159. The summed E-state index contributed by atoms with van der Waals surface area (Å²) in [4.78, 5) is 14.6. The SMILES string of the molecule is Cc1ccc(CNC2CCN(c3ccc(CC(=O)NCCc4cccc(F)c4)cc3)CC2)o1. The van der Waals surface area contributed by atoms with Crippen LogP contribution in [0.3, 0.4) is 0 Å². The molecule has 5 nitrogen and oxygen atoms in total. The van der Waals surface area contributed by atoms with Crippen molar-refractivity contribution in [2.24, 2.45) is 0 Å². The molecule has 1 aromatic heterocycles. The minimum Gasteiger partial charge on any atom is -0.465 e. The number of benzene rings is 2. The van der Waals surface area contributed by atoms with Gasteiger partial charge in [-0.05, 0) is 73.7 Å². The summed E-state index contributed by atoms with van der Waals surface area (Å²) < 4.78 is 18.9. The van der Waals surface area contributed by atoms with Gasteiger partial charge >= 0.3 is 0 Å². The largest absolute Gasteiger partial charge is 0.465 e. The summed E-state index contributed by atoms with van der Waals surface area (Å²) in [5, 5.41) is 6.52. The predicted molar refractivity (Wildman–Crippen MR) is 129 cm³/mol. The predicted octanol–water partition coefficient (Wildman–Crippen LogP) is 4.39. The van der Waals surface area contributed by atoms with Crippen molar-refractivity contribution < 1.29 is 13.6 Å². The van der Waals surface area contributed by atoms with Crippen LogP contribution in [-0.4, -0.2) is 31.6 Å². The molecule has 2 heterocycles. The number of halogens is 1. The first-order chi connectivity index (χ1) is 16.0. The fourth-order valence-corrected chi connectivity index (χ4v) is 4.28. The van der Waals surface area contributed by atoms with Crippen molar-refractivity contribution in [3.8, 4) is 0 Å². The third-order valence-corrected chi connectivity index (χ3v) is 6.15. The molecule has 1 aliphatic rings. The lowest BCUT2D eigenvalue weighted by Gasteiger charge is -2.34. The monoisotopic (exact) mass is 449 g/mol. The van der Waals surface area contributed by atoms with Gasteiger partial charge in [-0.15, -0.1) is 0 Å². The van der Waals surface area contributed by atoms with E-state index in [4.69, 9.17) is 4.42 Å². The van der Waals surface area contributed by atoms with Crippen LogP contribution < -0.4 is 15.5 Å². The van der Waals surface area contributed by atoms with Gasteiger partial charge in [0.15, 0.2) is 0 Å². The van der Waals surface area contributed by atoms with Crippen LogP contribution in [-0.2, 0) is 24.2 Å². The first-order valence-electron chi connectivity index (χ1n) is 11.7. The van der Waals surface area contributed by atoms with Crippen LogP contribution in [0.15, 0.2) is 65.1 Å². The molecular weight excluding hydrogens is 417 g/mol. The molecule has 0 aliphatic carbocycles. The lowest BCUT2D eigenvalue weighted by atomic mass is 10.0. The maximum absolute atomic E-state index is 13.2. The third kappa shape index (κ3) is 6.93. The second kappa shape index (κ2) is 11.1. The normalized spacial score (nSPS) is 14.4. The van der Waals surface area contributed by atoms with Crippen molar-refractivity contribution in [1.29, 1.82) is 0 Å². The van der Waals surface area contributed by atoms with E-state index in [1.165, 1.54) is 17.8 Å². The summed E-state index contributed by atoms with van der Waals surface area (Å²) in [6.07, 6.45) is 3.15. The lowest BCUT2D eigenvalue weighted by molar-refractivity contribution is -0.120. The Bertz CT molecular complexity index is 1040. The molecule has 6 heteroatoms. The van der Waals surface area contributed by atoms with E-state index in [9.17, 15) is 9.18 Å². The Morgan fingerprint density at radius 3 is 2.55 bits per heavy atom. The summed E-state index contributed by atoms with van der Waals surface area (Å²) in [5.41, 5.74) is 3.08.